The normalized spacial score (nSPS) is 10.3. The predicted molar refractivity (Wildman–Crippen MR) is 70.5 cm³/mol. The van der Waals surface area contributed by atoms with Crippen LogP contribution in [-0.2, 0) is 0 Å². The van der Waals surface area contributed by atoms with E-state index in [1.807, 2.05) is 25.1 Å². The maximum absolute atomic E-state index is 10.9. The highest BCUT2D eigenvalue weighted by Gasteiger charge is 2.12. The quantitative estimate of drug-likeness (QED) is 0.915. The molecule has 0 saturated carbocycles. The number of aromatic nitrogens is 2. The molecule has 0 atom stereocenters. The van der Waals surface area contributed by atoms with Crippen LogP contribution >= 0.6 is 0 Å². The van der Waals surface area contributed by atoms with Crippen molar-refractivity contribution in [3.8, 4) is 17.0 Å². The lowest BCUT2D eigenvalue weighted by Gasteiger charge is -2.07. The molecule has 2 aromatic rings. The lowest BCUT2D eigenvalue weighted by Crippen LogP contribution is -2.05. The Hall–Kier alpha value is -2.43. The van der Waals surface area contributed by atoms with Gasteiger partial charge < -0.3 is 9.84 Å². The molecule has 1 aromatic heterocycles. The summed E-state index contributed by atoms with van der Waals surface area (Å²) in [6.45, 7) is 3.65. The molecule has 0 saturated heterocycles. The number of benzene rings is 1. The summed E-state index contributed by atoms with van der Waals surface area (Å²) in [6.07, 6.45) is 0. The van der Waals surface area contributed by atoms with Gasteiger partial charge in [-0.15, -0.1) is 10.2 Å². The van der Waals surface area contributed by atoms with Crippen molar-refractivity contribution in [2.75, 3.05) is 7.11 Å². The number of nitrogens with zero attached hydrogens (tertiary/aromatic N) is 2. The monoisotopic (exact) mass is 258 g/mol. The number of carbonyl (C=O) groups is 1. The molecular weight excluding hydrogens is 244 g/mol. The van der Waals surface area contributed by atoms with E-state index in [1.165, 1.54) is 0 Å². The zero-order chi connectivity index (χ0) is 14.0. The third-order valence-electron chi connectivity index (χ3n) is 2.88. The van der Waals surface area contributed by atoms with Crippen molar-refractivity contribution in [1.29, 1.82) is 0 Å². The maximum Gasteiger partial charge on any atom is 0.356 e. The molecule has 0 aliphatic rings. The summed E-state index contributed by atoms with van der Waals surface area (Å²) in [5.74, 6) is -0.266. The number of aromatic carboxylic acids is 1. The molecule has 0 aliphatic carbocycles. The average Bonchev–Trinajstić information content (AvgIpc) is 2.38. The SMILES string of the molecule is COc1ccc(-c2cc(C)c(C(=O)O)nn2)cc1C. The predicted octanol–water partition coefficient (Wildman–Crippen LogP) is 2.47. The second-order valence-corrected chi connectivity index (χ2v) is 4.25. The van der Waals surface area contributed by atoms with Crippen molar-refractivity contribution in [1.82, 2.24) is 10.2 Å². The largest absolute Gasteiger partial charge is 0.496 e. The van der Waals surface area contributed by atoms with Gasteiger partial charge in [-0.1, -0.05) is 0 Å². The van der Waals surface area contributed by atoms with Crippen molar-refractivity contribution in [2.24, 2.45) is 0 Å². The maximum atomic E-state index is 10.9. The fourth-order valence-electron chi connectivity index (χ4n) is 1.88. The molecular formula is C14H14N2O3. The first kappa shape index (κ1) is 13.0. The van der Waals surface area contributed by atoms with Gasteiger partial charge in [0.2, 0.25) is 0 Å². The summed E-state index contributed by atoms with van der Waals surface area (Å²) in [4.78, 5) is 10.9. The van der Waals surface area contributed by atoms with E-state index in [-0.39, 0.29) is 5.69 Å². The lowest BCUT2D eigenvalue weighted by molar-refractivity contribution is 0.0688. The van der Waals surface area contributed by atoms with Gasteiger partial charge in [0.1, 0.15) is 5.75 Å². The molecule has 0 fully saturated rings. The molecule has 0 aliphatic heterocycles. The van der Waals surface area contributed by atoms with Gasteiger partial charge in [0.05, 0.1) is 12.8 Å². The lowest BCUT2D eigenvalue weighted by atomic mass is 10.1. The number of methoxy groups -OCH3 is 1. The highest BCUT2D eigenvalue weighted by atomic mass is 16.5. The summed E-state index contributed by atoms with van der Waals surface area (Å²) in [6, 6.07) is 7.38. The Morgan fingerprint density at radius 2 is 1.89 bits per heavy atom. The summed E-state index contributed by atoms with van der Waals surface area (Å²) < 4.78 is 5.20. The van der Waals surface area contributed by atoms with Crippen LogP contribution in [-0.4, -0.2) is 28.4 Å². The first-order valence-electron chi connectivity index (χ1n) is 5.75. The molecule has 5 heteroatoms. The number of aryl methyl sites for hydroxylation is 2. The van der Waals surface area contributed by atoms with E-state index in [0.29, 0.717) is 11.3 Å². The summed E-state index contributed by atoms with van der Waals surface area (Å²) >= 11 is 0. The second-order valence-electron chi connectivity index (χ2n) is 4.25. The third kappa shape index (κ3) is 2.54. The van der Waals surface area contributed by atoms with E-state index >= 15 is 0 Å². The van der Waals surface area contributed by atoms with E-state index in [1.54, 1.807) is 20.1 Å². The smallest absolute Gasteiger partial charge is 0.356 e. The van der Waals surface area contributed by atoms with Crippen molar-refractivity contribution < 1.29 is 14.6 Å². The second kappa shape index (κ2) is 5.06. The van der Waals surface area contributed by atoms with E-state index in [2.05, 4.69) is 10.2 Å². The van der Waals surface area contributed by atoms with Gasteiger partial charge in [0.25, 0.3) is 0 Å². The highest BCUT2D eigenvalue weighted by Crippen LogP contribution is 2.25. The molecule has 1 aromatic carbocycles. The fraction of sp³-hybridized carbons (Fsp3) is 0.214. The topological polar surface area (TPSA) is 72.3 Å². The summed E-state index contributed by atoms with van der Waals surface area (Å²) in [5, 5.41) is 16.6. The molecule has 2 rings (SSSR count). The number of carboxylic acids is 1. The Kier molecular flexibility index (Phi) is 3.46. The van der Waals surface area contributed by atoms with Gasteiger partial charge in [-0.2, -0.15) is 0 Å². The number of ether oxygens (including phenoxy) is 1. The summed E-state index contributed by atoms with van der Waals surface area (Å²) in [5.41, 5.74) is 3.08. The Bertz CT molecular complexity index is 639. The van der Waals surface area contributed by atoms with Crippen LogP contribution in [0.15, 0.2) is 24.3 Å². The number of carboxylic acid groups (broad SMARTS) is 1. The molecule has 98 valence electrons. The number of hydrogen-bond acceptors (Lipinski definition) is 4. The minimum Gasteiger partial charge on any atom is -0.496 e. The summed E-state index contributed by atoms with van der Waals surface area (Å²) in [7, 11) is 1.62. The van der Waals surface area contributed by atoms with Crippen LogP contribution in [0.3, 0.4) is 0 Å². The minimum absolute atomic E-state index is 0.0195. The molecule has 1 heterocycles. The Morgan fingerprint density at radius 1 is 1.16 bits per heavy atom. The van der Waals surface area contributed by atoms with Crippen molar-refractivity contribution in [2.45, 2.75) is 13.8 Å². The zero-order valence-electron chi connectivity index (χ0n) is 11.0. The Morgan fingerprint density at radius 3 is 2.42 bits per heavy atom. The van der Waals surface area contributed by atoms with Crippen LogP contribution in [0.1, 0.15) is 21.6 Å². The van der Waals surface area contributed by atoms with Crippen LogP contribution in [0.25, 0.3) is 11.3 Å². The molecule has 1 N–H and O–H groups in total. The molecule has 0 unspecified atom stereocenters. The average molecular weight is 258 g/mol. The molecule has 0 radical (unpaired) electrons. The van der Waals surface area contributed by atoms with Crippen LogP contribution in [0.4, 0.5) is 0 Å². The van der Waals surface area contributed by atoms with E-state index in [4.69, 9.17) is 9.84 Å². The van der Waals surface area contributed by atoms with Gasteiger partial charge >= 0.3 is 5.97 Å². The zero-order valence-corrected chi connectivity index (χ0v) is 11.0. The van der Waals surface area contributed by atoms with Gasteiger partial charge in [-0.25, -0.2) is 4.79 Å². The van der Waals surface area contributed by atoms with Crippen LogP contribution in [0.5, 0.6) is 5.75 Å². The Balaban J connectivity index is 2.45. The van der Waals surface area contributed by atoms with Gasteiger partial charge in [-0.3, -0.25) is 0 Å². The fourth-order valence-corrected chi connectivity index (χ4v) is 1.88. The van der Waals surface area contributed by atoms with Crippen molar-refractivity contribution >= 4 is 5.97 Å². The van der Waals surface area contributed by atoms with Gasteiger partial charge in [0.15, 0.2) is 5.69 Å². The molecule has 0 amide bonds. The highest BCUT2D eigenvalue weighted by molar-refractivity contribution is 5.87. The van der Waals surface area contributed by atoms with Crippen molar-refractivity contribution in [3.05, 3.63) is 41.1 Å². The number of hydrogen-bond donors (Lipinski definition) is 1. The van der Waals surface area contributed by atoms with E-state index in [9.17, 15) is 4.79 Å². The minimum atomic E-state index is -1.07. The van der Waals surface area contributed by atoms with Gasteiger partial charge in [0, 0.05) is 5.56 Å². The van der Waals surface area contributed by atoms with Crippen LogP contribution in [0, 0.1) is 13.8 Å². The van der Waals surface area contributed by atoms with Crippen LogP contribution < -0.4 is 4.74 Å². The van der Waals surface area contributed by atoms with Crippen molar-refractivity contribution in [3.63, 3.8) is 0 Å². The number of rotatable bonds is 3. The van der Waals surface area contributed by atoms with Gasteiger partial charge in [-0.05, 0) is 49.2 Å². The molecule has 19 heavy (non-hydrogen) atoms. The van der Waals surface area contributed by atoms with Crippen LogP contribution in [0.2, 0.25) is 0 Å². The molecule has 0 bridgehead atoms. The first-order chi connectivity index (χ1) is 9.02. The molecule has 5 nitrogen and oxygen atoms in total. The Labute approximate surface area is 110 Å². The van der Waals surface area contributed by atoms with E-state index in [0.717, 1.165) is 16.9 Å². The third-order valence-corrected chi connectivity index (χ3v) is 2.88. The standard InChI is InChI=1S/C14H14N2O3/c1-8-6-10(4-5-12(8)19-3)11-7-9(2)13(14(17)18)16-15-11/h4-7H,1-3H3,(H,17,18). The first-order valence-corrected chi connectivity index (χ1v) is 5.75. The molecule has 0 spiro atoms. The van der Waals surface area contributed by atoms with E-state index < -0.39 is 5.97 Å².